The van der Waals surface area contributed by atoms with Crippen molar-refractivity contribution in [2.45, 2.75) is 26.8 Å². The quantitative estimate of drug-likeness (QED) is 0.873. The van der Waals surface area contributed by atoms with Crippen LogP contribution in [0, 0.1) is 5.92 Å². The molecule has 0 saturated heterocycles. The minimum absolute atomic E-state index is 0.213. The van der Waals surface area contributed by atoms with Crippen molar-refractivity contribution in [3.63, 3.8) is 0 Å². The maximum atomic E-state index is 5.90. The molecule has 0 spiro atoms. The first-order valence-electron chi connectivity index (χ1n) is 6.41. The Morgan fingerprint density at radius 1 is 1.28 bits per heavy atom. The van der Waals surface area contributed by atoms with Gasteiger partial charge in [-0.15, -0.1) is 0 Å². The van der Waals surface area contributed by atoms with Crippen molar-refractivity contribution in [2.24, 2.45) is 5.92 Å². The minimum atomic E-state index is 0.213. The molecule has 1 unspecified atom stereocenters. The molecule has 2 rings (SSSR count). The summed E-state index contributed by atoms with van der Waals surface area (Å²) in [6.45, 7) is 7.49. The third-order valence-corrected chi connectivity index (χ3v) is 3.01. The molecule has 0 amide bonds. The molecule has 0 saturated carbocycles. The molecule has 3 heteroatoms. The van der Waals surface area contributed by atoms with Gasteiger partial charge in [0, 0.05) is 5.39 Å². The summed E-state index contributed by atoms with van der Waals surface area (Å²) in [7, 11) is 1.66. The van der Waals surface area contributed by atoms with Gasteiger partial charge in [-0.3, -0.25) is 0 Å². The zero-order valence-corrected chi connectivity index (χ0v) is 11.5. The van der Waals surface area contributed by atoms with Crippen LogP contribution < -0.4 is 10.1 Å². The third-order valence-electron chi connectivity index (χ3n) is 3.01. The minimum Gasteiger partial charge on any atom is -0.493 e. The highest BCUT2D eigenvalue weighted by Gasteiger charge is 2.13. The predicted molar refractivity (Wildman–Crippen MR) is 74.0 cm³/mol. The van der Waals surface area contributed by atoms with Gasteiger partial charge in [0.05, 0.1) is 13.2 Å². The van der Waals surface area contributed by atoms with E-state index in [2.05, 4.69) is 32.2 Å². The van der Waals surface area contributed by atoms with Crippen LogP contribution in [-0.4, -0.2) is 13.7 Å². The summed E-state index contributed by atoms with van der Waals surface area (Å²) < 4.78 is 11.2. The van der Waals surface area contributed by atoms with Gasteiger partial charge in [-0.2, -0.15) is 0 Å². The molecular formula is C15H21NO2. The average molecular weight is 247 g/mol. The fourth-order valence-corrected chi connectivity index (χ4v) is 1.94. The fourth-order valence-electron chi connectivity index (χ4n) is 1.94. The van der Waals surface area contributed by atoms with Crippen LogP contribution in [0.3, 0.4) is 0 Å². The molecule has 1 aromatic heterocycles. The van der Waals surface area contributed by atoms with Crippen molar-refractivity contribution < 1.29 is 9.15 Å². The van der Waals surface area contributed by atoms with E-state index in [0.717, 1.165) is 29.0 Å². The van der Waals surface area contributed by atoms with E-state index < -0.39 is 0 Å². The Kier molecular flexibility index (Phi) is 3.92. The van der Waals surface area contributed by atoms with Gasteiger partial charge in [0.2, 0.25) is 0 Å². The normalized spacial score (nSPS) is 13.2. The Bertz CT molecular complexity index is 516. The molecule has 0 fully saturated rings. The van der Waals surface area contributed by atoms with Crippen LogP contribution in [0.2, 0.25) is 0 Å². The largest absolute Gasteiger partial charge is 0.493 e. The van der Waals surface area contributed by atoms with E-state index in [1.54, 1.807) is 7.11 Å². The van der Waals surface area contributed by atoms with E-state index in [0.29, 0.717) is 5.92 Å². The molecule has 18 heavy (non-hydrogen) atoms. The van der Waals surface area contributed by atoms with Gasteiger partial charge in [0.25, 0.3) is 0 Å². The van der Waals surface area contributed by atoms with Gasteiger partial charge in [0.1, 0.15) is 5.76 Å². The molecule has 1 aromatic carbocycles. The van der Waals surface area contributed by atoms with E-state index in [1.807, 2.05) is 18.2 Å². The highest BCUT2D eigenvalue weighted by molar-refractivity contribution is 5.83. The highest BCUT2D eigenvalue weighted by Crippen LogP contribution is 2.30. The lowest BCUT2D eigenvalue weighted by Crippen LogP contribution is -2.22. The van der Waals surface area contributed by atoms with Gasteiger partial charge >= 0.3 is 0 Å². The van der Waals surface area contributed by atoms with E-state index in [4.69, 9.17) is 9.15 Å². The van der Waals surface area contributed by atoms with E-state index in [-0.39, 0.29) is 6.04 Å². The molecule has 98 valence electrons. The highest BCUT2D eigenvalue weighted by atomic mass is 16.5. The average Bonchev–Trinajstić information content (AvgIpc) is 2.79. The van der Waals surface area contributed by atoms with Gasteiger partial charge in [-0.25, -0.2) is 0 Å². The Morgan fingerprint density at radius 3 is 2.72 bits per heavy atom. The SMILES string of the molecule is COc1cccc2cc(C(C)NCC(C)C)oc12. The summed E-state index contributed by atoms with van der Waals surface area (Å²) in [5.74, 6) is 2.37. The number of benzene rings is 1. The van der Waals surface area contributed by atoms with Crippen molar-refractivity contribution >= 4 is 11.0 Å². The van der Waals surface area contributed by atoms with Crippen molar-refractivity contribution in [3.05, 3.63) is 30.0 Å². The van der Waals surface area contributed by atoms with Gasteiger partial charge < -0.3 is 14.5 Å². The number of hydrogen-bond acceptors (Lipinski definition) is 3. The van der Waals surface area contributed by atoms with Crippen LogP contribution in [0.1, 0.15) is 32.6 Å². The Hall–Kier alpha value is -1.48. The Labute approximate surface area is 108 Å². The fraction of sp³-hybridized carbons (Fsp3) is 0.467. The molecular weight excluding hydrogens is 226 g/mol. The second kappa shape index (κ2) is 5.44. The van der Waals surface area contributed by atoms with Crippen LogP contribution in [0.4, 0.5) is 0 Å². The number of rotatable bonds is 5. The van der Waals surface area contributed by atoms with E-state index in [1.165, 1.54) is 0 Å². The van der Waals surface area contributed by atoms with Crippen molar-refractivity contribution in [3.8, 4) is 5.75 Å². The van der Waals surface area contributed by atoms with Gasteiger partial charge in [-0.1, -0.05) is 26.0 Å². The number of ether oxygens (including phenoxy) is 1. The van der Waals surface area contributed by atoms with Crippen molar-refractivity contribution in [1.82, 2.24) is 5.32 Å². The lowest BCUT2D eigenvalue weighted by atomic mass is 10.2. The van der Waals surface area contributed by atoms with Crippen LogP contribution >= 0.6 is 0 Å². The maximum Gasteiger partial charge on any atom is 0.176 e. The Morgan fingerprint density at radius 2 is 2.06 bits per heavy atom. The second-order valence-electron chi connectivity index (χ2n) is 5.05. The lowest BCUT2D eigenvalue weighted by molar-refractivity contribution is 0.395. The van der Waals surface area contributed by atoms with Gasteiger partial charge in [-0.05, 0) is 31.5 Å². The zero-order chi connectivity index (χ0) is 13.1. The summed E-state index contributed by atoms with van der Waals surface area (Å²) in [4.78, 5) is 0. The van der Waals surface area contributed by atoms with E-state index in [9.17, 15) is 0 Å². The Balaban J connectivity index is 2.24. The summed E-state index contributed by atoms with van der Waals surface area (Å²) in [5, 5.41) is 4.55. The standard InChI is InChI=1S/C15H21NO2/c1-10(2)9-16-11(3)14-8-12-6-5-7-13(17-4)15(12)18-14/h5-8,10-11,16H,9H2,1-4H3. The molecule has 2 aromatic rings. The monoisotopic (exact) mass is 247 g/mol. The number of fused-ring (bicyclic) bond motifs is 1. The second-order valence-corrected chi connectivity index (χ2v) is 5.05. The molecule has 1 atom stereocenters. The first-order chi connectivity index (χ1) is 8.61. The van der Waals surface area contributed by atoms with E-state index >= 15 is 0 Å². The van der Waals surface area contributed by atoms with Gasteiger partial charge in [0.15, 0.2) is 11.3 Å². The van der Waals surface area contributed by atoms with Crippen molar-refractivity contribution in [1.29, 1.82) is 0 Å². The predicted octanol–water partition coefficient (Wildman–Crippen LogP) is 3.75. The van der Waals surface area contributed by atoms with Crippen LogP contribution in [-0.2, 0) is 0 Å². The first-order valence-corrected chi connectivity index (χ1v) is 6.41. The van der Waals surface area contributed by atoms with Crippen LogP contribution in [0.15, 0.2) is 28.7 Å². The molecule has 3 nitrogen and oxygen atoms in total. The molecule has 1 heterocycles. The van der Waals surface area contributed by atoms with Crippen molar-refractivity contribution in [2.75, 3.05) is 13.7 Å². The number of furan rings is 1. The summed E-state index contributed by atoms with van der Waals surface area (Å²) in [5.41, 5.74) is 0.827. The summed E-state index contributed by atoms with van der Waals surface area (Å²) >= 11 is 0. The maximum absolute atomic E-state index is 5.90. The summed E-state index contributed by atoms with van der Waals surface area (Å²) in [6, 6.07) is 8.23. The summed E-state index contributed by atoms with van der Waals surface area (Å²) in [6.07, 6.45) is 0. The zero-order valence-electron chi connectivity index (χ0n) is 11.5. The van der Waals surface area contributed by atoms with Crippen LogP contribution in [0.25, 0.3) is 11.0 Å². The van der Waals surface area contributed by atoms with Crippen LogP contribution in [0.5, 0.6) is 5.75 Å². The smallest absolute Gasteiger partial charge is 0.176 e. The number of methoxy groups -OCH3 is 1. The number of hydrogen-bond donors (Lipinski definition) is 1. The molecule has 0 aliphatic heterocycles. The molecule has 0 aliphatic rings. The third kappa shape index (κ3) is 2.67. The molecule has 0 aliphatic carbocycles. The lowest BCUT2D eigenvalue weighted by Gasteiger charge is -2.12. The number of nitrogens with one attached hydrogen (secondary N) is 1. The molecule has 0 bridgehead atoms. The molecule has 0 radical (unpaired) electrons. The first kappa shape index (κ1) is 13.0. The number of para-hydroxylation sites is 1. The molecule has 1 N–H and O–H groups in total. The topological polar surface area (TPSA) is 34.4 Å².